The molecule has 2 aromatic rings. The first-order valence-electron chi connectivity index (χ1n) is 7.68. The third-order valence-corrected chi connectivity index (χ3v) is 3.68. The molecule has 2 N–H and O–H groups in total. The summed E-state index contributed by atoms with van der Waals surface area (Å²) in [5.41, 5.74) is 4.41. The largest absolute Gasteiger partial charge is 0.491 e. The lowest BCUT2D eigenvalue weighted by Crippen LogP contribution is -2.37. The number of amides is 2. The van der Waals surface area contributed by atoms with Crippen LogP contribution in [0.4, 0.5) is 4.79 Å². The van der Waals surface area contributed by atoms with Crippen LogP contribution in [0, 0.1) is 20.8 Å². The van der Waals surface area contributed by atoms with Crippen LogP contribution in [0.25, 0.3) is 0 Å². The van der Waals surface area contributed by atoms with Crippen LogP contribution in [0.15, 0.2) is 36.7 Å². The highest BCUT2D eigenvalue weighted by atomic mass is 16.5. The first kappa shape index (κ1) is 16.8. The molecule has 122 valence electrons. The molecule has 0 spiro atoms. The van der Waals surface area contributed by atoms with Crippen molar-refractivity contribution in [1.82, 2.24) is 15.6 Å². The van der Waals surface area contributed by atoms with Crippen LogP contribution >= 0.6 is 0 Å². The lowest BCUT2D eigenvalue weighted by molar-refractivity contribution is 0.236. The molecule has 0 aliphatic rings. The summed E-state index contributed by atoms with van der Waals surface area (Å²) in [5, 5.41) is 5.57. The van der Waals surface area contributed by atoms with Crippen LogP contribution in [0.5, 0.6) is 5.75 Å². The van der Waals surface area contributed by atoms with Crippen molar-refractivity contribution in [2.75, 3.05) is 13.2 Å². The second-order valence-electron chi connectivity index (χ2n) is 5.47. The number of aromatic nitrogens is 1. The highest BCUT2D eigenvalue weighted by molar-refractivity contribution is 5.73. The van der Waals surface area contributed by atoms with Gasteiger partial charge >= 0.3 is 6.03 Å². The van der Waals surface area contributed by atoms with E-state index in [2.05, 4.69) is 28.6 Å². The third-order valence-electron chi connectivity index (χ3n) is 3.68. The summed E-state index contributed by atoms with van der Waals surface area (Å²) in [6.07, 6.45) is 3.43. The van der Waals surface area contributed by atoms with Gasteiger partial charge in [0.1, 0.15) is 12.4 Å². The molecule has 0 aliphatic carbocycles. The van der Waals surface area contributed by atoms with Crippen molar-refractivity contribution in [2.45, 2.75) is 27.3 Å². The normalized spacial score (nSPS) is 10.2. The molecule has 5 heteroatoms. The first-order chi connectivity index (χ1) is 11.1. The van der Waals surface area contributed by atoms with Crippen molar-refractivity contribution in [2.24, 2.45) is 0 Å². The van der Waals surface area contributed by atoms with Gasteiger partial charge < -0.3 is 15.4 Å². The molecule has 1 heterocycles. The van der Waals surface area contributed by atoms with Crippen molar-refractivity contribution >= 4 is 6.03 Å². The topological polar surface area (TPSA) is 63.2 Å². The van der Waals surface area contributed by atoms with Crippen LogP contribution in [0.1, 0.15) is 22.3 Å². The van der Waals surface area contributed by atoms with E-state index in [4.69, 9.17) is 4.74 Å². The highest BCUT2D eigenvalue weighted by Gasteiger charge is 2.06. The van der Waals surface area contributed by atoms with Gasteiger partial charge in [-0.1, -0.05) is 18.2 Å². The molecular formula is C18H23N3O2. The molecule has 0 atom stereocenters. The predicted molar refractivity (Wildman–Crippen MR) is 90.6 cm³/mol. The molecule has 0 saturated heterocycles. The molecule has 0 radical (unpaired) electrons. The highest BCUT2D eigenvalue weighted by Crippen LogP contribution is 2.25. The van der Waals surface area contributed by atoms with Crippen molar-refractivity contribution in [3.8, 4) is 5.75 Å². The molecule has 0 saturated carbocycles. The average molecular weight is 313 g/mol. The maximum absolute atomic E-state index is 11.7. The lowest BCUT2D eigenvalue weighted by atomic mass is 10.1. The first-order valence-corrected chi connectivity index (χ1v) is 7.68. The number of nitrogens with one attached hydrogen (secondary N) is 2. The maximum Gasteiger partial charge on any atom is 0.315 e. The monoisotopic (exact) mass is 313 g/mol. The van der Waals surface area contributed by atoms with E-state index in [9.17, 15) is 4.79 Å². The fraction of sp³-hybridized carbons (Fsp3) is 0.333. The summed E-state index contributed by atoms with van der Waals surface area (Å²) < 4.78 is 5.81. The Hall–Kier alpha value is -2.56. The Balaban J connectivity index is 1.71. The van der Waals surface area contributed by atoms with Gasteiger partial charge in [0.2, 0.25) is 0 Å². The molecule has 1 aromatic heterocycles. The Morgan fingerprint density at radius 2 is 1.91 bits per heavy atom. The molecule has 2 rings (SSSR count). The molecule has 0 fully saturated rings. The summed E-state index contributed by atoms with van der Waals surface area (Å²) in [5.74, 6) is 0.905. The van der Waals surface area contributed by atoms with E-state index < -0.39 is 0 Å². The lowest BCUT2D eigenvalue weighted by Gasteiger charge is -2.14. The second kappa shape index (κ2) is 8.17. The van der Waals surface area contributed by atoms with Crippen molar-refractivity contribution in [1.29, 1.82) is 0 Å². The van der Waals surface area contributed by atoms with Gasteiger partial charge in [0.05, 0.1) is 6.54 Å². The Labute approximate surface area is 137 Å². The number of carbonyl (C=O) groups is 1. The van der Waals surface area contributed by atoms with Crippen molar-refractivity contribution < 1.29 is 9.53 Å². The van der Waals surface area contributed by atoms with E-state index in [-0.39, 0.29) is 6.03 Å². The van der Waals surface area contributed by atoms with Gasteiger partial charge in [0.25, 0.3) is 0 Å². The van der Waals surface area contributed by atoms with Gasteiger partial charge in [-0.05, 0) is 49.1 Å². The number of hydrogen-bond acceptors (Lipinski definition) is 3. The number of rotatable bonds is 6. The van der Waals surface area contributed by atoms with Crippen LogP contribution in [-0.2, 0) is 6.54 Å². The smallest absolute Gasteiger partial charge is 0.315 e. The zero-order valence-electron chi connectivity index (χ0n) is 13.8. The van der Waals surface area contributed by atoms with Crippen LogP contribution in [-0.4, -0.2) is 24.2 Å². The molecule has 1 aromatic carbocycles. The standard InChI is InChI=1S/C18H23N3O2/c1-13-6-7-14(2)17(15(13)3)23-10-9-20-18(22)21-12-16-5-4-8-19-11-16/h4-8,11H,9-10,12H2,1-3H3,(H2,20,21,22). The van der Waals surface area contributed by atoms with Gasteiger partial charge in [-0.15, -0.1) is 0 Å². The van der Waals surface area contributed by atoms with Gasteiger partial charge in [-0.25, -0.2) is 4.79 Å². The van der Waals surface area contributed by atoms with E-state index in [1.165, 1.54) is 5.56 Å². The van der Waals surface area contributed by atoms with E-state index >= 15 is 0 Å². The summed E-state index contributed by atoms with van der Waals surface area (Å²) in [7, 11) is 0. The number of hydrogen-bond donors (Lipinski definition) is 2. The van der Waals surface area contributed by atoms with Crippen molar-refractivity contribution in [3.63, 3.8) is 0 Å². The number of carbonyl (C=O) groups excluding carboxylic acids is 1. The Kier molecular flexibility index (Phi) is 5.97. The average Bonchev–Trinajstić information content (AvgIpc) is 2.57. The molecule has 0 aliphatic heterocycles. The number of aryl methyl sites for hydroxylation is 2. The second-order valence-corrected chi connectivity index (χ2v) is 5.47. The van der Waals surface area contributed by atoms with E-state index in [1.54, 1.807) is 12.4 Å². The summed E-state index contributed by atoms with van der Waals surface area (Å²) in [4.78, 5) is 15.7. The summed E-state index contributed by atoms with van der Waals surface area (Å²) in [6.45, 7) is 7.47. The molecule has 0 bridgehead atoms. The third kappa shape index (κ3) is 4.98. The summed E-state index contributed by atoms with van der Waals surface area (Å²) >= 11 is 0. The van der Waals surface area contributed by atoms with Gasteiger partial charge in [0, 0.05) is 18.9 Å². The number of urea groups is 1. The number of ether oxygens (including phenoxy) is 1. The SMILES string of the molecule is Cc1ccc(C)c(OCCNC(=O)NCc2cccnc2)c1C. The molecule has 2 amide bonds. The summed E-state index contributed by atoms with van der Waals surface area (Å²) in [6, 6.07) is 7.68. The van der Waals surface area contributed by atoms with E-state index in [0.29, 0.717) is 19.7 Å². The van der Waals surface area contributed by atoms with Gasteiger partial charge in [-0.3, -0.25) is 4.98 Å². The quantitative estimate of drug-likeness (QED) is 0.806. The minimum atomic E-state index is -0.213. The Morgan fingerprint density at radius 3 is 2.65 bits per heavy atom. The number of pyridine rings is 1. The van der Waals surface area contributed by atoms with Crippen LogP contribution in [0.3, 0.4) is 0 Å². The van der Waals surface area contributed by atoms with E-state index in [1.807, 2.05) is 32.0 Å². The fourth-order valence-electron chi connectivity index (χ4n) is 2.21. The van der Waals surface area contributed by atoms with Crippen LogP contribution in [0.2, 0.25) is 0 Å². The van der Waals surface area contributed by atoms with Crippen molar-refractivity contribution in [3.05, 3.63) is 58.9 Å². The van der Waals surface area contributed by atoms with E-state index in [0.717, 1.165) is 22.4 Å². The zero-order chi connectivity index (χ0) is 16.7. The zero-order valence-corrected chi connectivity index (χ0v) is 13.8. The maximum atomic E-state index is 11.7. The minimum Gasteiger partial charge on any atom is -0.491 e. The number of benzene rings is 1. The molecular weight excluding hydrogens is 290 g/mol. The molecule has 0 unspecified atom stereocenters. The predicted octanol–water partition coefficient (Wildman–Crippen LogP) is 2.89. The Bertz CT molecular complexity index is 657. The fourth-order valence-corrected chi connectivity index (χ4v) is 2.21. The minimum absolute atomic E-state index is 0.213. The van der Waals surface area contributed by atoms with Gasteiger partial charge in [0.15, 0.2) is 0 Å². The Morgan fingerprint density at radius 1 is 1.13 bits per heavy atom. The molecule has 23 heavy (non-hydrogen) atoms. The number of nitrogens with zero attached hydrogens (tertiary/aromatic N) is 1. The van der Waals surface area contributed by atoms with Crippen LogP contribution < -0.4 is 15.4 Å². The molecule has 5 nitrogen and oxygen atoms in total. The van der Waals surface area contributed by atoms with Gasteiger partial charge in [-0.2, -0.15) is 0 Å².